The molecule has 0 heterocycles. The number of halogens is 2. The molecular weight excluding hydrogens is 1010 g/mol. The molecule has 0 aromatic heterocycles. The predicted octanol–water partition coefficient (Wildman–Crippen LogP) is 5.78. The van der Waals surface area contributed by atoms with E-state index in [-0.39, 0.29) is 98.4 Å². The zero-order valence-electron chi connectivity index (χ0n) is 27.2. The average molecular weight is 1040 g/mol. The van der Waals surface area contributed by atoms with Gasteiger partial charge >= 0.3 is 0 Å². The van der Waals surface area contributed by atoms with Gasteiger partial charge in [-0.05, 0) is 0 Å². The number of benzene rings is 6. The summed E-state index contributed by atoms with van der Waals surface area (Å²) in [5.74, 6) is 0. The molecule has 0 aliphatic carbocycles. The van der Waals surface area contributed by atoms with Gasteiger partial charge in [0.2, 0.25) is 0 Å². The van der Waals surface area contributed by atoms with E-state index in [0.717, 1.165) is 0 Å². The van der Waals surface area contributed by atoms with E-state index in [4.69, 9.17) is 0 Å². The van der Waals surface area contributed by atoms with Gasteiger partial charge in [0.1, 0.15) is 0 Å². The van der Waals surface area contributed by atoms with Crippen molar-refractivity contribution in [3.8, 4) is 0 Å². The molecule has 0 spiro atoms. The zero-order valence-corrected chi connectivity index (χ0v) is 37.9. The quantitative estimate of drug-likeness (QED) is 0.134. The molecule has 0 saturated heterocycles. The number of rotatable bonds is 0. The first kappa shape index (κ1) is 45.1. The van der Waals surface area contributed by atoms with Gasteiger partial charge < -0.3 is 24.8 Å². The van der Waals surface area contributed by atoms with Gasteiger partial charge in [-0.2, -0.15) is 35.0 Å². The van der Waals surface area contributed by atoms with Crippen molar-refractivity contribution in [3.05, 3.63) is 194 Å². The summed E-state index contributed by atoms with van der Waals surface area (Å²) in [6.45, 7) is 0. The van der Waals surface area contributed by atoms with Crippen LogP contribution in [-0.2, 0) is 51.7 Å². The number of hydrogen-bond acceptors (Lipinski definition) is 0. The number of hydrogen-bond donors (Lipinski definition) is 0. The fourth-order valence-corrected chi connectivity index (χ4v) is 5.95. The maximum atomic E-state index is 2.24. The maximum Gasteiger partial charge on any atom is 0 e. The van der Waals surface area contributed by atoms with Gasteiger partial charge in [0.25, 0.3) is 0 Å². The summed E-state index contributed by atoms with van der Waals surface area (Å²) >= 11 is 0. The molecule has 0 unspecified atom stereocenters. The summed E-state index contributed by atoms with van der Waals surface area (Å²) in [7, 11) is 0. The van der Waals surface area contributed by atoms with Crippen molar-refractivity contribution in [1.82, 2.24) is 0 Å². The van der Waals surface area contributed by atoms with Gasteiger partial charge in [0, 0.05) is 73.6 Å². The van der Waals surface area contributed by atoms with Crippen molar-refractivity contribution in [2.75, 3.05) is 0 Å². The van der Waals surface area contributed by atoms with Crippen LogP contribution >= 0.6 is 0 Å². The average Bonchev–Trinajstić information content (AvgIpc) is 3.90. The van der Waals surface area contributed by atoms with E-state index >= 15 is 0 Å². The summed E-state index contributed by atoms with van der Waals surface area (Å²) < 4.78 is 0. The Hall–Kier alpha value is -2.97. The fraction of sp³-hybridized carbons (Fsp3) is 0. The van der Waals surface area contributed by atoms with Gasteiger partial charge in [-0.15, -0.1) is 139 Å². The largest absolute Gasteiger partial charge is 1.00 e. The molecule has 0 nitrogen and oxygen atoms in total. The molecule has 0 saturated carbocycles. The minimum absolute atomic E-state index is 0. The third-order valence-electron chi connectivity index (χ3n) is 8.14. The summed E-state index contributed by atoms with van der Waals surface area (Å²) in [5, 5.41) is 16.1. The monoisotopic (exact) mass is 1050 g/mol. The van der Waals surface area contributed by atoms with E-state index in [1.807, 2.05) is 0 Å². The minimum atomic E-state index is 0. The van der Waals surface area contributed by atoms with E-state index in [9.17, 15) is 0 Å². The van der Waals surface area contributed by atoms with Crippen LogP contribution in [0.3, 0.4) is 0 Å². The third-order valence-corrected chi connectivity index (χ3v) is 8.14. The van der Waals surface area contributed by atoms with Crippen molar-refractivity contribution in [2.45, 2.75) is 0 Å². The summed E-state index contributed by atoms with van der Waals surface area (Å²) in [6, 6.07) is 67.9. The van der Waals surface area contributed by atoms with Crippen LogP contribution in [0, 0.1) is 0 Å². The molecule has 8 radical (unpaired) electrons. The Morgan fingerprint density at radius 2 is 0.520 bits per heavy atom. The van der Waals surface area contributed by atoms with Crippen LogP contribution in [0.25, 0.3) is 64.6 Å². The molecule has 0 aliphatic heterocycles. The molecule has 244 valence electrons. The first-order valence-electron chi connectivity index (χ1n) is 15.1. The Morgan fingerprint density at radius 3 is 0.800 bits per heavy atom. The molecule has 10 rings (SSSR count). The molecule has 0 N–H and O–H groups in total. The molecule has 6 heteroatoms. The topological polar surface area (TPSA) is 0 Å². The summed E-state index contributed by atoms with van der Waals surface area (Å²) in [6.07, 6.45) is 0. The predicted molar refractivity (Wildman–Crippen MR) is 205 cm³/mol. The van der Waals surface area contributed by atoms with Gasteiger partial charge in [-0.3, -0.25) is 0 Å². The minimum Gasteiger partial charge on any atom is -1.00 e. The van der Waals surface area contributed by atoms with E-state index in [0.29, 0.717) is 0 Å². The smallest absolute Gasteiger partial charge is 0 e. The molecule has 0 fully saturated rings. The van der Waals surface area contributed by atoms with Crippen molar-refractivity contribution in [2.24, 2.45) is 0 Å². The SMILES string of the molecule is [Cl-].[Cl-].[Hf].[Hf].[Si].[Si].c1ccc2[cH-]ccc2c1.c1ccc2[cH-]ccc2c1.c1ccc2c(c1)[cH-]c1ccccc12.c1ccc2c(c1)[cH-]c1ccccc12. The van der Waals surface area contributed by atoms with Crippen molar-refractivity contribution in [1.29, 1.82) is 0 Å². The fourth-order valence-electron chi connectivity index (χ4n) is 5.95. The Labute approximate surface area is 353 Å². The van der Waals surface area contributed by atoms with E-state index in [1.165, 1.54) is 64.6 Å². The standard InChI is InChI=1S/2C13H9.2C9H7.2ClH.2Hf.2Si/c2*1-3-7-12-10(5-1)9-11-6-2-4-8-13(11)12;2*1-2-5-9-7-3-6-8(9)4-1;;;;;;/h2*1-9H;2*1-7H;2*1H;;;;/q4*-1;;;;;;/p-2. The van der Waals surface area contributed by atoms with Gasteiger partial charge in [0.15, 0.2) is 0 Å². The van der Waals surface area contributed by atoms with Crippen molar-refractivity contribution in [3.63, 3.8) is 0 Å². The molecule has 50 heavy (non-hydrogen) atoms. The van der Waals surface area contributed by atoms with E-state index < -0.39 is 0 Å². The molecule has 10 aromatic rings. The second kappa shape index (κ2) is 22.1. The van der Waals surface area contributed by atoms with Crippen LogP contribution in [0.2, 0.25) is 0 Å². The Balaban J connectivity index is 0.000000325. The molecule has 0 aliphatic rings. The molecule has 0 atom stereocenters. The Morgan fingerprint density at radius 1 is 0.280 bits per heavy atom. The summed E-state index contributed by atoms with van der Waals surface area (Å²) in [5.41, 5.74) is 0. The van der Waals surface area contributed by atoms with Crippen molar-refractivity contribution < 1.29 is 76.5 Å². The third kappa shape index (κ3) is 10.5. The molecular formula is C44H32Cl2Hf2Si2-6. The maximum absolute atomic E-state index is 2.24. The van der Waals surface area contributed by atoms with Crippen LogP contribution in [0.5, 0.6) is 0 Å². The van der Waals surface area contributed by atoms with Crippen LogP contribution in [0.15, 0.2) is 194 Å². The van der Waals surface area contributed by atoms with Crippen molar-refractivity contribution >= 4 is 86.6 Å². The molecule has 0 bridgehead atoms. The first-order valence-corrected chi connectivity index (χ1v) is 15.1. The number of fused-ring (bicyclic) bond motifs is 8. The van der Waals surface area contributed by atoms with Crippen LogP contribution in [0.1, 0.15) is 0 Å². The van der Waals surface area contributed by atoms with E-state index in [1.54, 1.807) is 0 Å². The molecule has 10 aromatic carbocycles. The van der Waals surface area contributed by atoms with Crippen LogP contribution in [-0.4, -0.2) is 21.9 Å². The van der Waals surface area contributed by atoms with Crippen LogP contribution < -0.4 is 24.8 Å². The Kier molecular flexibility index (Phi) is 19.9. The van der Waals surface area contributed by atoms with E-state index in [2.05, 4.69) is 194 Å². The second-order valence-electron chi connectivity index (χ2n) is 10.9. The normalized spacial score (nSPS) is 9.44. The zero-order chi connectivity index (χ0) is 29.6. The molecule has 0 amide bonds. The van der Waals surface area contributed by atoms with Crippen LogP contribution in [0.4, 0.5) is 0 Å². The van der Waals surface area contributed by atoms with Gasteiger partial charge in [-0.1, -0.05) is 84.9 Å². The van der Waals surface area contributed by atoms with Gasteiger partial charge in [-0.25, -0.2) is 0 Å². The summed E-state index contributed by atoms with van der Waals surface area (Å²) in [4.78, 5) is 0. The van der Waals surface area contributed by atoms with Gasteiger partial charge in [0.05, 0.1) is 0 Å². The second-order valence-corrected chi connectivity index (χ2v) is 10.9. The first-order chi connectivity index (χ1) is 21.8. The Bertz CT molecular complexity index is 2100.